The average molecular weight is 331 g/mol. The van der Waals surface area contributed by atoms with Crippen LogP contribution in [0.15, 0.2) is 24.3 Å². The number of nitrogens with zero attached hydrogens (tertiary/aromatic N) is 1. The molecule has 0 radical (unpaired) electrons. The van der Waals surface area contributed by atoms with E-state index in [1.54, 1.807) is 21.1 Å². The topological polar surface area (TPSA) is 78.9 Å². The number of halogens is 1. The first-order chi connectivity index (χ1) is 9.86. The number of carbonyl (C=O) groups is 2. The number of ether oxygens (including phenoxy) is 1. The molecule has 0 spiro atoms. The Morgan fingerprint density at radius 2 is 1.91 bits per heavy atom. The normalized spacial score (nSPS) is 13.0. The van der Waals surface area contributed by atoms with E-state index in [1.807, 2.05) is 31.2 Å². The molecule has 1 aromatic rings. The summed E-state index contributed by atoms with van der Waals surface area (Å²) < 4.78 is 5.26. The molecule has 0 aliphatic carbocycles. The fourth-order valence-electron chi connectivity index (χ4n) is 1.94. The highest BCUT2D eigenvalue weighted by atomic mass is 35.5. The number of hydrogen-bond acceptors (Lipinski definition) is 4. The van der Waals surface area contributed by atoms with Gasteiger partial charge in [0.25, 0.3) is 0 Å². The van der Waals surface area contributed by atoms with Crippen molar-refractivity contribution in [2.24, 2.45) is 0 Å². The number of nitrogens with one attached hydrogen (secondary N) is 1. The SMILES string of the molecule is COc1ccccc1C(C)NC(=O)CN(C)C(C)C(=O)O.Cl. The summed E-state index contributed by atoms with van der Waals surface area (Å²) >= 11 is 0. The van der Waals surface area contributed by atoms with Gasteiger partial charge in [0, 0.05) is 5.56 Å². The summed E-state index contributed by atoms with van der Waals surface area (Å²) in [6.07, 6.45) is 0. The minimum atomic E-state index is -0.955. The van der Waals surface area contributed by atoms with Gasteiger partial charge in [0.05, 0.1) is 19.7 Å². The van der Waals surface area contributed by atoms with E-state index >= 15 is 0 Å². The zero-order valence-electron chi connectivity index (χ0n) is 13.2. The highest BCUT2D eigenvalue weighted by Gasteiger charge is 2.20. The first kappa shape index (κ1) is 20.2. The molecule has 0 fully saturated rings. The van der Waals surface area contributed by atoms with E-state index in [9.17, 15) is 9.59 Å². The van der Waals surface area contributed by atoms with Crippen LogP contribution in [0.3, 0.4) is 0 Å². The predicted molar refractivity (Wildman–Crippen MR) is 86.5 cm³/mol. The molecule has 2 N–H and O–H groups in total. The zero-order chi connectivity index (χ0) is 16.0. The first-order valence-electron chi connectivity index (χ1n) is 6.72. The molecular formula is C15H23ClN2O4. The number of aliphatic carboxylic acids is 1. The van der Waals surface area contributed by atoms with Crippen LogP contribution in [-0.2, 0) is 9.59 Å². The number of rotatable bonds is 7. The molecule has 0 aromatic heterocycles. The molecule has 2 atom stereocenters. The lowest BCUT2D eigenvalue weighted by molar-refractivity contribution is -0.142. The predicted octanol–water partition coefficient (Wildman–Crippen LogP) is 1.70. The second-order valence-corrected chi connectivity index (χ2v) is 4.96. The number of para-hydroxylation sites is 1. The molecule has 6 nitrogen and oxygen atoms in total. The number of benzene rings is 1. The van der Waals surface area contributed by atoms with Gasteiger partial charge in [-0.1, -0.05) is 18.2 Å². The number of likely N-dealkylation sites (N-methyl/N-ethyl adjacent to an activating group) is 1. The van der Waals surface area contributed by atoms with Gasteiger partial charge in [-0.25, -0.2) is 0 Å². The van der Waals surface area contributed by atoms with Crippen LogP contribution in [0.2, 0.25) is 0 Å². The Labute approximate surface area is 136 Å². The van der Waals surface area contributed by atoms with Crippen molar-refractivity contribution in [3.8, 4) is 5.75 Å². The minimum absolute atomic E-state index is 0. The van der Waals surface area contributed by atoms with Crippen LogP contribution in [0.5, 0.6) is 5.75 Å². The number of hydrogen-bond donors (Lipinski definition) is 2. The molecule has 124 valence electrons. The van der Waals surface area contributed by atoms with Crippen molar-refractivity contribution in [2.75, 3.05) is 20.7 Å². The van der Waals surface area contributed by atoms with Gasteiger partial charge in [-0.2, -0.15) is 0 Å². The zero-order valence-corrected chi connectivity index (χ0v) is 14.0. The van der Waals surface area contributed by atoms with Gasteiger partial charge >= 0.3 is 5.97 Å². The summed E-state index contributed by atoms with van der Waals surface area (Å²) in [7, 11) is 3.18. The van der Waals surface area contributed by atoms with E-state index in [1.165, 1.54) is 4.90 Å². The summed E-state index contributed by atoms with van der Waals surface area (Å²) in [5, 5.41) is 11.7. The monoisotopic (exact) mass is 330 g/mol. The van der Waals surface area contributed by atoms with Crippen molar-refractivity contribution >= 4 is 24.3 Å². The molecule has 0 aliphatic heterocycles. The molecule has 0 bridgehead atoms. The Balaban J connectivity index is 0.00000441. The molecule has 2 unspecified atom stereocenters. The number of carbonyl (C=O) groups excluding carboxylic acids is 1. The minimum Gasteiger partial charge on any atom is -0.496 e. The maximum absolute atomic E-state index is 12.0. The van der Waals surface area contributed by atoms with Crippen molar-refractivity contribution in [1.29, 1.82) is 0 Å². The first-order valence-corrected chi connectivity index (χ1v) is 6.72. The number of amides is 1. The van der Waals surface area contributed by atoms with Gasteiger partial charge in [-0.05, 0) is 27.0 Å². The van der Waals surface area contributed by atoms with E-state index in [-0.39, 0.29) is 30.9 Å². The van der Waals surface area contributed by atoms with E-state index in [2.05, 4.69) is 5.32 Å². The molecular weight excluding hydrogens is 308 g/mol. The summed E-state index contributed by atoms with van der Waals surface area (Å²) in [5.41, 5.74) is 0.877. The van der Waals surface area contributed by atoms with Gasteiger partial charge in [0.2, 0.25) is 5.91 Å². The second kappa shape index (κ2) is 9.27. The third-order valence-electron chi connectivity index (χ3n) is 3.39. The van der Waals surface area contributed by atoms with Crippen LogP contribution in [0, 0.1) is 0 Å². The Kier molecular flexibility index (Phi) is 8.52. The third kappa shape index (κ3) is 5.54. The van der Waals surface area contributed by atoms with Gasteiger partial charge in [0.1, 0.15) is 11.8 Å². The van der Waals surface area contributed by atoms with Crippen LogP contribution < -0.4 is 10.1 Å². The molecule has 1 aromatic carbocycles. The van der Waals surface area contributed by atoms with Crippen molar-refractivity contribution in [2.45, 2.75) is 25.9 Å². The molecule has 0 heterocycles. The number of methoxy groups -OCH3 is 1. The maximum atomic E-state index is 12.0. The lowest BCUT2D eigenvalue weighted by Gasteiger charge is -2.22. The fourth-order valence-corrected chi connectivity index (χ4v) is 1.94. The smallest absolute Gasteiger partial charge is 0.320 e. The number of carboxylic acid groups (broad SMARTS) is 1. The van der Waals surface area contributed by atoms with Gasteiger partial charge < -0.3 is 15.2 Å². The summed E-state index contributed by atoms with van der Waals surface area (Å²) in [6.45, 7) is 3.42. The summed E-state index contributed by atoms with van der Waals surface area (Å²) in [5.74, 6) is -0.482. The molecule has 0 aliphatic rings. The van der Waals surface area contributed by atoms with E-state index < -0.39 is 12.0 Å². The van der Waals surface area contributed by atoms with Crippen molar-refractivity contribution in [1.82, 2.24) is 10.2 Å². The Bertz CT molecular complexity index is 510. The van der Waals surface area contributed by atoms with Crippen LogP contribution in [-0.4, -0.2) is 48.6 Å². The van der Waals surface area contributed by atoms with Gasteiger partial charge in [-0.3, -0.25) is 14.5 Å². The average Bonchev–Trinajstić information content (AvgIpc) is 2.45. The molecule has 1 amide bonds. The highest BCUT2D eigenvalue weighted by Crippen LogP contribution is 2.24. The molecule has 0 saturated heterocycles. The van der Waals surface area contributed by atoms with Crippen LogP contribution in [0.1, 0.15) is 25.5 Å². The van der Waals surface area contributed by atoms with Crippen LogP contribution in [0.4, 0.5) is 0 Å². The maximum Gasteiger partial charge on any atom is 0.320 e. The van der Waals surface area contributed by atoms with Crippen molar-refractivity contribution < 1.29 is 19.4 Å². The van der Waals surface area contributed by atoms with Crippen molar-refractivity contribution in [3.63, 3.8) is 0 Å². The quantitative estimate of drug-likeness (QED) is 0.795. The highest BCUT2D eigenvalue weighted by molar-refractivity contribution is 5.85. The Morgan fingerprint density at radius 3 is 2.45 bits per heavy atom. The van der Waals surface area contributed by atoms with E-state index in [0.29, 0.717) is 5.75 Å². The Hall–Kier alpha value is -1.79. The fraction of sp³-hybridized carbons (Fsp3) is 0.467. The Morgan fingerprint density at radius 1 is 1.32 bits per heavy atom. The van der Waals surface area contributed by atoms with Crippen LogP contribution >= 0.6 is 12.4 Å². The lowest BCUT2D eigenvalue weighted by Crippen LogP contribution is -2.43. The van der Waals surface area contributed by atoms with Gasteiger partial charge in [0.15, 0.2) is 0 Å². The molecule has 1 rings (SSSR count). The lowest BCUT2D eigenvalue weighted by atomic mass is 10.1. The van der Waals surface area contributed by atoms with E-state index in [0.717, 1.165) is 5.56 Å². The van der Waals surface area contributed by atoms with Crippen molar-refractivity contribution in [3.05, 3.63) is 29.8 Å². The number of carboxylic acids is 1. The van der Waals surface area contributed by atoms with E-state index in [4.69, 9.17) is 9.84 Å². The summed E-state index contributed by atoms with van der Waals surface area (Å²) in [6, 6.07) is 6.52. The molecule has 22 heavy (non-hydrogen) atoms. The molecule has 0 saturated carbocycles. The second-order valence-electron chi connectivity index (χ2n) is 4.96. The van der Waals surface area contributed by atoms with Gasteiger partial charge in [-0.15, -0.1) is 12.4 Å². The summed E-state index contributed by atoms with van der Waals surface area (Å²) in [4.78, 5) is 24.3. The molecule has 7 heteroatoms. The van der Waals surface area contributed by atoms with Crippen LogP contribution in [0.25, 0.3) is 0 Å². The standard InChI is InChI=1S/C15H22N2O4.ClH/c1-10(12-7-5-6-8-13(12)21-4)16-14(18)9-17(3)11(2)15(19)20;/h5-8,10-11H,9H2,1-4H3,(H,16,18)(H,19,20);1H. The largest absolute Gasteiger partial charge is 0.496 e. The third-order valence-corrected chi connectivity index (χ3v) is 3.39.